The Kier molecular flexibility index (Phi) is 52.1. The largest absolute Gasteiger partial charge is 0.477 e. The molecule has 0 saturated carbocycles. The fourth-order valence-corrected chi connectivity index (χ4v) is 8.11. The van der Waals surface area contributed by atoms with E-state index in [2.05, 4.69) is 98.9 Å². The van der Waals surface area contributed by atoms with Gasteiger partial charge in [0.1, 0.15) is 13.2 Å². The number of nitrogens with zero attached hydrogens (tertiary/aromatic N) is 1. The van der Waals surface area contributed by atoms with Crippen LogP contribution in [0.3, 0.4) is 0 Å². The smallest absolute Gasteiger partial charge is 0.361 e. The summed E-state index contributed by atoms with van der Waals surface area (Å²) in [5, 5.41) is 9.64. The van der Waals surface area contributed by atoms with E-state index in [-0.39, 0.29) is 32.2 Å². The molecule has 0 aliphatic carbocycles. The second kappa shape index (κ2) is 54.7. The van der Waals surface area contributed by atoms with Gasteiger partial charge in [0, 0.05) is 12.8 Å². The molecule has 0 aromatic heterocycles. The second-order valence-corrected chi connectivity index (χ2v) is 20.9. The van der Waals surface area contributed by atoms with Gasteiger partial charge in [-0.3, -0.25) is 9.59 Å². The van der Waals surface area contributed by atoms with Crippen molar-refractivity contribution in [1.29, 1.82) is 0 Å². The highest BCUT2D eigenvalue weighted by atomic mass is 16.7. The number of carbonyl (C=O) groups excluding carboxylic acids is 2. The van der Waals surface area contributed by atoms with E-state index in [0.717, 1.165) is 83.5 Å². The number of esters is 2. The lowest BCUT2D eigenvalue weighted by Crippen LogP contribution is -2.40. The Morgan fingerprint density at radius 2 is 0.781 bits per heavy atom. The Morgan fingerprint density at radius 1 is 0.425 bits per heavy atom. The molecule has 0 aromatic carbocycles. The number of ether oxygens (including phenoxy) is 4. The van der Waals surface area contributed by atoms with Gasteiger partial charge >= 0.3 is 17.9 Å². The number of carbonyl (C=O) groups is 3. The molecule has 1 N–H and O–H groups in total. The number of unbranched alkanes of at least 4 members (excludes halogenated alkanes) is 25. The minimum Gasteiger partial charge on any atom is -0.477 e. The van der Waals surface area contributed by atoms with Crippen LogP contribution in [0, 0.1) is 0 Å². The third-order valence-corrected chi connectivity index (χ3v) is 12.7. The summed E-state index contributed by atoms with van der Waals surface area (Å²) in [5.41, 5.74) is 0. The van der Waals surface area contributed by atoms with E-state index in [0.29, 0.717) is 17.4 Å². The van der Waals surface area contributed by atoms with E-state index in [9.17, 15) is 19.5 Å². The summed E-state index contributed by atoms with van der Waals surface area (Å²) in [4.78, 5) is 37.1. The van der Waals surface area contributed by atoms with Gasteiger partial charge in [-0.2, -0.15) is 0 Å². The first-order valence-corrected chi connectivity index (χ1v) is 29.8. The van der Waals surface area contributed by atoms with Crippen molar-refractivity contribution in [3.05, 3.63) is 85.1 Å². The Balaban J connectivity index is 3.88. The third kappa shape index (κ3) is 56.0. The van der Waals surface area contributed by atoms with Gasteiger partial charge in [0.2, 0.25) is 0 Å². The SMILES string of the molecule is CC/C=C\C/C=C\C/C=C\C/C=C\C/C=C\C/C=C\C/C=C\CCCCCCCCCCCCCCCCCCCCCC(=O)OC(COC(=O)CCCCCCCCC)COC(OCC[N+](C)(C)C)C(=O)O. The molecule has 0 fully saturated rings. The molecule has 9 nitrogen and oxygen atoms in total. The van der Waals surface area contributed by atoms with E-state index in [4.69, 9.17) is 18.9 Å². The van der Waals surface area contributed by atoms with Crippen LogP contribution in [0.2, 0.25) is 0 Å². The maximum Gasteiger partial charge on any atom is 0.361 e. The summed E-state index contributed by atoms with van der Waals surface area (Å²) in [6.07, 6.45) is 70.1. The number of hydrogen-bond acceptors (Lipinski definition) is 7. The molecular formula is C64H112NO8+. The molecule has 0 amide bonds. The zero-order valence-electron chi connectivity index (χ0n) is 47.8. The summed E-state index contributed by atoms with van der Waals surface area (Å²) in [6.45, 7) is 4.72. The number of quaternary nitrogens is 1. The third-order valence-electron chi connectivity index (χ3n) is 12.7. The van der Waals surface area contributed by atoms with Gasteiger partial charge in [-0.15, -0.1) is 0 Å². The average Bonchev–Trinajstić information content (AvgIpc) is 3.36. The summed E-state index contributed by atoms with van der Waals surface area (Å²) in [7, 11) is 5.96. The van der Waals surface area contributed by atoms with Crippen molar-refractivity contribution in [1.82, 2.24) is 0 Å². The number of carboxylic acid groups (broad SMARTS) is 1. The zero-order chi connectivity index (χ0) is 53.4. The number of allylic oxidation sites excluding steroid dienone is 14. The maximum atomic E-state index is 12.8. The minimum atomic E-state index is -1.51. The molecule has 2 unspecified atom stereocenters. The van der Waals surface area contributed by atoms with Crippen LogP contribution in [0.4, 0.5) is 0 Å². The van der Waals surface area contributed by atoms with E-state index in [1.165, 1.54) is 135 Å². The fourth-order valence-electron chi connectivity index (χ4n) is 8.11. The van der Waals surface area contributed by atoms with Crippen molar-refractivity contribution in [3.63, 3.8) is 0 Å². The summed E-state index contributed by atoms with van der Waals surface area (Å²) in [6, 6.07) is 0. The van der Waals surface area contributed by atoms with E-state index in [1.807, 2.05) is 21.1 Å². The van der Waals surface area contributed by atoms with E-state index >= 15 is 0 Å². The Labute approximate surface area is 449 Å². The van der Waals surface area contributed by atoms with Crippen molar-refractivity contribution in [2.24, 2.45) is 0 Å². The van der Waals surface area contributed by atoms with Crippen LogP contribution in [0.5, 0.6) is 0 Å². The van der Waals surface area contributed by atoms with Crippen molar-refractivity contribution in [2.75, 3.05) is 47.5 Å². The fraction of sp³-hybridized carbons (Fsp3) is 0.734. The van der Waals surface area contributed by atoms with Gasteiger partial charge in [-0.25, -0.2) is 4.79 Å². The van der Waals surface area contributed by atoms with Crippen LogP contribution < -0.4 is 0 Å². The highest BCUT2D eigenvalue weighted by molar-refractivity contribution is 5.71. The summed E-state index contributed by atoms with van der Waals surface area (Å²) in [5.74, 6) is -2.01. The molecule has 420 valence electrons. The normalized spacial score (nSPS) is 13.4. The van der Waals surface area contributed by atoms with E-state index in [1.54, 1.807) is 0 Å². The quantitative estimate of drug-likeness (QED) is 0.0211. The highest BCUT2D eigenvalue weighted by Crippen LogP contribution is 2.16. The number of carboxylic acids is 1. The van der Waals surface area contributed by atoms with Gasteiger partial charge in [0.25, 0.3) is 6.29 Å². The van der Waals surface area contributed by atoms with Crippen molar-refractivity contribution in [2.45, 2.75) is 257 Å². The van der Waals surface area contributed by atoms with Crippen molar-refractivity contribution >= 4 is 17.9 Å². The lowest BCUT2D eigenvalue weighted by molar-refractivity contribution is -0.870. The number of rotatable bonds is 54. The number of likely N-dealkylation sites (N-methyl/N-ethyl adjacent to an activating group) is 1. The summed E-state index contributed by atoms with van der Waals surface area (Å²) >= 11 is 0. The van der Waals surface area contributed by atoms with Gasteiger partial charge in [0.05, 0.1) is 34.4 Å². The van der Waals surface area contributed by atoms with E-state index < -0.39 is 24.3 Å². The molecule has 9 heteroatoms. The highest BCUT2D eigenvalue weighted by Gasteiger charge is 2.25. The molecule has 0 radical (unpaired) electrons. The van der Waals surface area contributed by atoms with Crippen LogP contribution >= 0.6 is 0 Å². The summed E-state index contributed by atoms with van der Waals surface area (Å²) < 4.78 is 22.7. The first-order chi connectivity index (χ1) is 35.6. The molecule has 0 spiro atoms. The van der Waals surface area contributed by atoms with Gasteiger partial charge in [-0.1, -0.05) is 247 Å². The Morgan fingerprint density at radius 3 is 1.16 bits per heavy atom. The molecule has 0 aromatic rings. The molecule has 0 saturated heterocycles. The zero-order valence-corrected chi connectivity index (χ0v) is 47.8. The average molecular weight is 1020 g/mol. The molecule has 0 bridgehead atoms. The lowest BCUT2D eigenvalue weighted by Gasteiger charge is -2.25. The molecular weight excluding hydrogens is 911 g/mol. The topological polar surface area (TPSA) is 108 Å². The van der Waals surface area contributed by atoms with Crippen molar-refractivity contribution < 1.29 is 42.9 Å². The standard InChI is InChI=1S/C64H111NO8/c1-6-8-10-12-14-15-16-17-18-19-20-21-22-23-24-25-26-27-28-29-30-31-32-33-34-35-36-37-38-39-40-41-42-43-44-45-46-47-49-51-53-55-62(67)73-60(58-71-61(66)54-52-50-48-13-11-9-7-2)59-72-64(63(68)69)70-57-56-65(3,4)5/h8,10,14-15,17-18,20-21,23-24,26-27,29-30,60,64H,6-7,9,11-13,16,19,22,25,28,31-59H2,1-5H3/p+1/b10-8-,15-14-,18-17-,21-20-,24-23-,27-26-,30-29-. The Bertz CT molecular complexity index is 1470. The first kappa shape index (κ1) is 69.5. The van der Waals surface area contributed by atoms with Crippen LogP contribution in [0.25, 0.3) is 0 Å². The van der Waals surface area contributed by atoms with Crippen molar-refractivity contribution in [3.8, 4) is 0 Å². The predicted octanol–water partition coefficient (Wildman–Crippen LogP) is 17.6. The molecule has 0 aliphatic rings. The Hall–Kier alpha value is -3.53. The minimum absolute atomic E-state index is 0.181. The predicted molar refractivity (Wildman–Crippen MR) is 309 cm³/mol. The van der Waals surface area contributed by atoms with Crippen LogP contribution in [0.1, 0.15) is 245 Å². The van der Waals surface area contributed by atoms with Gasteiger partial charge < -0.3 is 28.5 Å². The molecule has 2 atom stereocenters. The molecule has 0 heterocycles. The van der Waals surface area contributed by atoms with Gasteiger partial charge in [-0.05, 0) is 70.6 Å². The van der Waals surface area contributed by atoms with Crippen LogP contribution in [-0.4, -0.2) is 87.4 Å². The monoisotopic (exact) mass is 1020 g/mol. The maximum absolute atomic E-state index is 12.8. The van der Waals surface area contributed by atoms with Crippen LogP contribution in [0.15, 0.2) is 85.1 Å². The number of aliphatic carboxylic acids is 1. The second-order valence-electron chi connectivity index (χ2n) is 20.9. The molecule has 0 aliphatic heterocycles. The first-order valence-electron chi connectivity index (χ1n) is 29.8. The lowest BCUT2D eigenvalue weighted by atomic mass is 10.0. The molecule has 73 heavy (non-hydrogen) atoms. The molecule has 0 rings (SSSR count). The number of hydrogen-bond donors (Lipinski definition) is 1. The van der Waals surface area contributed by atoms with Crippen LogP contribution in [-0.2, 0) is 33.3 Å². The van der Waals surface area contributed by atoms with Gasteiger partial charge in [0.15, 0.2) is 6.10 Å².